The maximum absolute atomic E-state index is 12.9. The lowest BCUT2D eigenvalue weighted by atomic mass is 10.1. The third kappa shape index (κ3) is 3.09. The van der Waals surface area contributed by atoms with E-state index >= 15 is 0 Å². The first-order valence-electron chi connectivity index (χ1n) is 8.36. The molecule has 0 bridgehead atoms. The van der Waals surface area contributed by atoms with Crippen LogP contribution in [0.4, 0.5) is 5.82 Å². The molecule has 2 heterocycles. The smallest absolute Gasteiger partial charge is 0.226 e. The van der Waals surface area contributed by atoms with Crippen molar-refractivity contribution in [1.82, 2.24) is 14.9 Å². The van der Waals surface area contributed by atoms with E-state index in [1.54, 1.807) is 18.6 Å². The molecular weight excluding hydrogens is 288 g/mol. The van der Waals surface area contributed by atoms with Crippen LogP contribution in [0.2, 0.25) is 0 Å². The van der Waals surface area contributed by atoms with Gasteiger partial charge in [0.1, 0.15) is 5.82 Å². The van der Waals surface area contributed by atoms with E-state index in [4.69, 9.17) is 0 Å². The number of hydrogen-bond acceptors (Lipinski definition) is 4. The third-order valence-corrected chi connectivity index (χ3v) is 5.15. The van der Waals surface area contributed by atoms with Crippen LogP contribution < -0.4 is 4.90 Å². The van der Waals surface area contributed by atoms with Gasteiger partial charge in [0.25, 0.3) is 0 Å². The van der Waals surface area contributed by atoms with Crippen LogP contribution in [0.1, 0.15) is 27.7 Å². The lowest BCUT2D eigenvalue weighted by molar-refractivity contribution is -0.133. The molecule has 0 unspecified atom stereocenters. The molecule has 1 saturated heterocycles. The van der Waals surface area contributed by atoms with Crippen LogP contribution in [0.3, 0.4) is 0 Å². The number of carbonyl (C=O) groups is 1. The average Bonchev–Trinajstić information content (AvgIpc) is 3.07. The van der Waals surface area contributed by atoms with Gasteiger partial charge in [-0.1, -0.05) is 25.5 Å². The zero-order valence-electron chi connectivity index (χ0n) is 14.5. The Balaban J connectivity index is 1.60. The van der Waals surface area contributed by atoms with E-state index < -0.39 is 0 Å². The van der Waals surface area contributed by atoms with Crippen molar-refractivity contribution in [2.24, 2.45) is 17.3 Å². The molecule has 0 radical (unpaired) electrons. The predicted molar refractivity (Wildman–Crippen MR) is 91.0 cm³/mol. The Kier molecular flexibility index (Phi) is 4.13. The minimum absolute atomic E-state index is 0.0936. The van der Waals surface area contributed by atoms with Gasteiger partial charge in [-0.25, -0.2) is 4.98 Å². The van der Waals surface area contributed by atoms with Crippen LogP contribution in [-0.4, -0.2) is 47.0 Å². The molecule has 1 amide bonds. The SMILES string of the molecule is CC(C)=C[C@H]1[C@H](C(=O)N2CCN(c3cnccn3)CC2)C1(C)C. The first kappa shape index (κ1) is 16.0. The zero-order chi connectivity index (χ0) is 16.6. The van der Waals surface area contributed by atoms with Crippen molar-refractivity contribution in [2.75, 3.05) is 31.1 Å². The number of allylic oxidation sites excluding steroid dienone is 2. The number of hydrogen-bond donors (Lipinski definition) is 0. The maximum atomic E-state index is 12.9. The Hall–Kier alpha value is -1.91. The molecular formula is C18H26N4O. The Labute approximate surface area is 138 Å². The number of rotatable bonds is 3. The first-order valence-corrected chi connectivity index (χ1v) is 8.36. The van der Waals surface area contributed by atoms with Crippen LogP contribution in [0.25, 0.3) is 0 Å². The van der Waals surface area contributed by atoms with E-state index in [-0.39, 0.29) is 11.3 Å². The number of carbonyl (C=O) groups excluding carboxylic acids is 1. The summed E-state index contributed by atoms with van der Waals surface area (Å²) in [6, 6.07) is 0. The van der Waals surface area contributed by atoms with E-state index in [2.05, 4.69) is 48.6 Å². The van der Waals surface area contributed by atoms with Crippen molar-refractivity contribution in [3.63, 3.8) is 0 Å². The lowest BCUT2D eigenvalue weighted by Crippen LogP contribution is -2.49. The van der Waals surface area contributed by atoms with Gasteiger partial charge in [0.2, 0.25) is 5.91 Å². The van der Waals surface area contributed by atoms with E-state index in [0.29, 0.717) is 11.8 Å². The van der Waals surface area contributed by atoms with Crippen LogP contribution in [0, 0.1) is 17.3 Å². The summed E-state index contributed by atoms with van der Waals surface area (Å²) in [4.78, 5) is 25.5. The second-order valence-corrected chi connectivity index (χ2v) is 7.44. The van der Waals surface area contributed by atoms with Crippen molar-refractivity contribution in [3.8, 4) is 0 Å². The summed E-state index contributed by atoms with van der Waals surface area (Å²) in [5.41, 5.74) is 1.39. The summed E-state index contributed by atoms with van der Waals surface area (Å²) >= 11 is 0. The molecule has 1 aromatic heterocycles. The number of aromatic nitrogens is 2. The fourth-order valence-electron chi connectivity index (χ4n) is 3.63. The summed E-state index contributed by atoms with van der Waals surface area (Å²) in [6.07, 6.45) is 7.44. The molecule has 1 saturated carbocycles. The quantitative estimate of drug-likeness (QED) is 0.804. The van der Waals surface area contributed by atoms with E-state index in [1.165, 1.54) is 5.57 Å². The molecule has 124 valence electrons. The van der Waals surface area contributed by atoms with Crippen molar-refractivity contribution in [2.45, 2.75) is 27.7 Å². The third-order valence-electron chi connectivity index (χ3n) is 5.15. The molecule has 5 heteroatoms. The van der Waals surface area contributed by atoms with Crippen molar-refractivity contribution in [3.05, 3.63) is 30.2 Å². The predicted octanol–water partition coefficient (Wildman–Crippen LogP) is 2.36. The Morgan fingerprint density at radius 1 is 1.22 bits per heavy atom. The Morgan fingerprint density at radius 3 is 2.48 bits per heavy atom. The second kappa shape index (κ2) is 5.95. The van der Waals surface area contributed by atoms with Gasteiger partial charge in [-0.2, -0.15) is 0 Å². The standard InChI is InChI=1S/C18H26N4O/c1-13(2)11-14-16(18(14,3)4)17(23)22-9-7-21(8-10-22)15-12-19-5-6-20-15/h5-6,11-12,14,16H,7-10H2,1-4H3/t14-,16+/m0/s1. The van der Waals surface area contributed by atoms with Gasteiger partial charge >= 0.3 is 0 Å². The molecule has 0 aromatic carbocycles. The molecule has 1 aliphatic carbocycles. The molecule has 0 N–H and O–H groups in total. The van der Waals surface area contributed by atoms with Gasteiger partial charge in [0, 0.05) is 38.6 Å². The topological polar surface area (TPSA) is 49.3 Å². The monoisotopic (exact) mass is 314 g/mol. The number of nitrogens with zero attached hydrogens (tertiary/aromatic N) is 4. The minimum atomic E-state index is 0.0936. The highest BCUT2D eigenvalue weighted by Gasteiger charge is 2.61. The van der Waals surface area contributed by atoms with E-state index in [9.17, 15) is 4.79 Å². The number of piperazine rings is 1. The van der Waals surface area contributed by atoms with Gasteiger partial charge in [-0.3, -0.25) is 9.78 Å². The molecule has 2 fully saturated rings. The molecule has 2 aliphatic rings. The normalized spacial score (nSPS) is 25.9. The molecule has 1 aliphatic heterocycles. The summed E-state index contributed by atoms with van der Waals surface area (Å²) in [5.74, 6) is 1.74. The molecule has 1 aromatic rings. The highest BCUT2D eigenvalue weighted by atomic mass is 16.2. The largest absolute Gasteiger partial charge is 0.352 e. The number of amides is 1. The van der Waals surface area contributed by atoms with Crippen LogP contribution in [-0.2, 0) is 4.79 Å². The lowest BCUT2D eigenvalue weighted by Gasteiger charge is -2.35. The molecule has 23 heavy (non-hydrogen) atoms. The highest BCUT2D eigenvalue weighted by molar-refractivity contribution is 5.84. The second-order valence-electron chi connectivity index (χ2n) is 7.44. The van der Waals surface area contributed by atoms with Gasteiger partial charge in [-0.15, -0.1) is 0 Å². The molecule has 2 atom stereocenters. The summed E-state index contributed by atoms with van der Waals surface area (Å²) in [7, 11) is 0. The first-order chi connectivity index (χ1) is 10.9. The average molecular weight is 314 g/mol. The fraction of sp³-hybridized carbons (Fsp3) is 0.611. The Bertz CT molecular complexity index is 599. The molecule has 0 spiro atoms. The minimum Gasteiger partial charge on any atom is -0.352 e. The van der Waals surface area contributed by atoms with Gasteiger partial charge in [-0.05, 0) is 25.2 Å². The Morgan fingerprint density at radius 2 is 1.91 bits per heavy atom. The summed E-state index contributed by atoms with van der Waals surface area (Å²) in [5, 5.41) is 0. The van der Waals surface area contributed by atoms with Crippen molar-refractivity contribution >= 4 is 11.7 Å². The summed E-state index contributed by atoms with van der Waals surface area (Å²) < 4.78 is 0. The van der Waals surface area contributed by atoms with Crippen LogP contribution in [0.5, 0.6) is 0 Å². The van der Waals surface area contributed by atoms with Gasteiger partial charge in [0.05, 0.1) is 12.1 Å². The zero-order valence-corrected chi connectivity index (χ0v) is 14.5. The van der Waals surface area contributed by atoms with Crippen molar-refractivity contribution in [1.29, 1.82) is 0 Å². The molecule has 3 rings (SSSR count). The van der Waals surface area contributed by atoms with Gasteiger partial charge < -0.3 is 9.80 Å². The number of anilines is 1. The van der Waals surface area contributed by atoms with E-state index in [0.717, 1.165) is 32.0 Å². The summed E-state index contributed by atoms with van der Waals surface area (Å²) in [6.45, 7) is 11.8. The van der Waals surface area contributed by atoms with Gasteiger partial charge in [0.15, 0.2) is 0 Å². The van der Waals surface area contributed by atoms with Crippen LogP contribution >= 0.6 is 0 Å². The van der Waals surface area contributed by atoms with Crippen molar-refractivity contribution < 1.29 is 4.79 Å². The fourth-order valence-corrected chi connectivity index (χ4v) is 3.63. The van der Waals surface area contributed by atoms with Crippen LogP contribution in [0.15, 0.2) is 30.2 Å². The maximum Gasteiger partial charge on any atom is 0.226 e. The van der Waals surface area contributed by atoms with E-state index in [1.807, 2.05) is 4.90 Å². The molecule has 5 nitrogen and oxygen atoms in total. The highest BCUT2D eigenvalue weighted by Crippen LogP contribution is 2.60.